The van der Waals surface area contributed by atoms with E-state index in [4.69, 9.17) is 21.1 Å². The summed E-state index contributed by atoms with van der Waals surface area (Å²) in [5.74, 6) is 3.99. The molecule has 7 heteroatoms. The van der Waals surface area contributed by atoms with Crippen molar-refractivity contribution >= 4 is 17.3 Å². The van der Waals surface area contributed by atoms with Gasteiger partial charge >= 0.3 is 6.18 Å². The first-order valence-corrected chi connectivity index (χ1v) is 8.21. The molecule has 1 atom stereocenters. The van der Waals surface area contributed by atoms with Gasteiger partial charge in [-0.1, -0.05) is 17.5 Å². The quantitative estimate of drug-likeness (QED) is 0.621. The van der Waals surface area contributed by atoms with Crippen LogP contribution < -0.4 is 14.4 Å². The largest absolute Gasteiger partial charge is 0.486 e. The summed E-state index contributed by atoms with van der Waals surface area (Å²) in [7, 11) is 0. The van der Waals surface area contributed by atoms with Crippen LogP contribution in [-0.4, -0.2) is 12.6 Å². The number of ether oxygens (including phenoxy) is 2. The van der Waals surface area contributed by atoms with Crippen molar-refractivity contribution in [3.63, 3.8) is 0 Å². The molecule has 2 aromatic rings. The van der Waals surface area contributed by atoms with Crippen molar-refractivity contribution in [1.29, 1.82) is 0 Å². The first-order chi connectivity index (χ1) is 12.3. The molecule has 0 aliphatic carbocycles. The minimum Gasteiger partial charge on any atom is -0.486 e. The third kappa shape index (κ3) is 3.83. The molecule has 0 spiro atoms. The molecular formula is C19H15ClF3NO2. The van der Waals surface area contributed by atoms with Gasteiger partial charge < -0.3 is 9.47 Å². The normalized spacial score (nSPS) is 16.2. The smallest absolute Gasteiger partial charge is 0.416 e. The van der Waals surface area contributed by atoms with Gasteiger partial charge in [0.05, 0.1) is 22.8 Å². The van der Waals surface area contributed by atoms with Crippen LogP contribution in [0.3, 0.4) is 0 Å². The molecule has 26 heavy (non-hydrogen) atoms. The Balaban J connectivity index is 1.88. The van der Waals surface area contributed by atoms with E-state index in [2.05, 4.69) is 12.0 Å². The van der Waals surface area contributed by atoms with Gasteiger partial charge in [-0.3, -0.25) is 4.90 Å². The summed E-state index contributed by atoms with van der Waals surface area (Å²) in [6.45, 7) is 4.32. The topological polar surface area (TPSA) is 21.7 Å². The highest BCUT2D eigenvalue weighted by molar-refractivity contribution is 6.32. The van der Waals surface area contributed by atoms with Gasteiger partial charge in [-0.2, -0.15) is 13.2 Å². The predicted molar refractivity (Wildman–Crippen MR) is 93.9 cm³/mol. The summed E-state index contributed by atoms with van der Waals surface area (Å²) in [5, 5.41) is -0.120. The number of rotatable bonds is 2. The predicted octanol–water partition coefficient (Wildman–Crippen LogP) is 5.72. The molecule has 2 aromatic carbocycles. The molecule has 0 aromatic heterocycles. The number of halogens is 4. The lowest BCUT2D eigenvalue weighted by Gasteiger charge is -2.31. The summed E-state index contributed by atoms with van der Waals surface area (Å²) in [4.78, 5) is 1.89. The van der Waals surface area contributed by atoms with Crippen LogP contribution in [0.4, 0.5) is 18.9 Å². The Morgan fingerprint density at radius 1 is 1.23 bits per heavy atom. The zero-order chi connectivity index (χ0) is 18.9. The van der Waals surface area contributed by atoms with Gasteiger partial charge in [-0.05, 0) is 44.2 Å². The van der Waals surface area contributed by atoms with Gasteiger partial charge in [0.2, 0.25) is 0 Å². The molecular weight excluding hydrogens is 367 g/mol. The van der Waals surface area contributed by atoms with Crippen molar-refractivity contribution in [3.05, 3.63) is 47.0 Å². The van der Waals surface area contributed by atoms with Crippen LogP contribution in [0.25, 0.3) is 0 Å². The number of hydrogen-bond acceptors (Lipinski definition) is 3. The summed E-state index contributed by atoms with van der Waals surface area (Å²) in [5.41, 5.74) is -0.0189. The third-order valence-corrected chi connectivity index (χ3v) is 4.02. The monoisotopic (exact) mass is 381 g/mol. The lowest BCUT2D eigenvalue weighted by molar-refractivity contribution is -0.137. The van der Waals surface area contributed by atoms with Gasteiger partial charge in [0.15, 0.2) is 0 Å². The fourth-order valence-corrected chi connectivity index (χ4v) is 2.83. The van der Waals surface area contributed by atoms with Crippen molar-refractivity contribution in [2.24, 2.45) is 0 Å². The minimum absolute atomic E-state index is 0.0618. The van der Waals surface area contributed by atoms with Crippen molar-refractivity contribution in [2.75, 3.05) is 11.4 Å². The van der Waals surface area contributed by atoms with E-state index in [-0.39, 0.29) is 16.9 Å². The fourth-order valence-electron chi connectivity index (χ4n) is 2.61. The van der Waals surface area contributed by atoms with E-state index in [1.165, 1.54) is 6.07 Å². The van der Waals surface area contributed by atoms with Crippen LogP contribution in [0.15, 0.2) is 36.4 Å². The maximum Gasteiger partial charge on any atom is 0.416 e. The summed E-state index contributed by atoms with van der Waals surface area (Å²) < 4.78 is 49.6. The van der Waals surface area contributed by atoms with Gasteiger partial charge in [0.25, 0.3) is 0 Å². The molecule has 3 nitrogen and oxygen atoms in total. The first kappa shape index (κ1) is 18.3. The standard InChI is InChI=1S/C19H15ClF3NO2/c1-3-8-24-11-12(2)25-18-10-14(5-6-16(18)24)26-17-7-4-13(9-15(17)20)19(21,22)23/h4-7,9-10,12H,11H2,1-2H3. The Hall–Kier alpha value is -2.52. The van der Waals surface area contributed by atoms with E-state index in [1.54, 1.807) is 25.1 Å². The summed E-state index contributed by atoms with van der Waals surface area (Å²) in [6, 6.07) is 11.1. The molecule has 0 radical (unpaired) electrons. The van der Waals surface area contributed by atoms with Crippen LogP contribution >= 0.6 is 11.6 Å². The van der Waals surface area contributed by atoms with E-state index < -0.39 is 11.7 Å². The van der Waals surface area contributed by atoms with E-state index in [0.29, 0.717) is 18.0 Å². The van der Waals surface area contributed by atoms with Crippen molar-refractivity contribution in [2.45, 2.75) is 26.1 Å². The number of benzene rings is 2. The molecule has 0 amide bonds. The molecule has 0 saturated carbocycles. The minimum atomic E-state index is -4.46. The molecule has 0 bridgehead atoms. The van der Waals surface area contributed by atoms with Crippen LogP contribution in [0.2, 0.25) is 5.02 Å². The van der Waals surface area contributed by atoms with Crippen LogP contribution in [0.1, 0.15) is 19.4 Å². The van der Waals surface area contributed by atoms with Crippen molar-refractivity contribution in [1.82, 2.24) is 0 Å². The number of anilines is 1. The SMILES string of the molecule is CC#CN1CC(C)Oc2cc(Oc3ccc(C(F)(F)F)cc3Cl)ccc21. The molecule has 0 saturated heterocycles. The van der Waals surface area contributed by atoms with Crippen molar-refractivity contribution < 1.29 is 22.6 Å². The lowest BCUT2D eigenvalue weighted by Crippen LogP contribution is -2.35. The number of nitrogens with zero attached hydrogens (tertiary/aromatic N) is 1. The molecule has 1 aliphatic heterocycles. The molecule has 1 heterocycles. The molecule has 136 valence electrons. The second-order valence-corrected chi connectivity index (χ2v) is 6.18. The third-order valence-electron chi connectivity index (χ3n) is 3.72. The lowest BCUT2D eigenvalue weighted by atomic mass is 10.2. The Morgan fingerprint density at radius 3 is 2.65 bits per heavy atom. The fraction of sp³-hybridized carbons (Fsp3) is 0.263. The van der Waals surface area contributed by atoms with E-state index >= 15 is 0 Å². The second-order valence-electron chi connectivity index (χ2n) is 5.78. The molecule has 0 N–H and O–H groups in total. The molecule has 1 unspecified atom stereocenters. The van der Waals surface area contributed by atoms with E-state index in [9.17, 15) is 13.2 Å². The zero-order valence-corrected chi connectivity index (χ0v) is 14.8. The highest BCUT2D eigenvalue weighted by atomic mass is 35.5. The van der Waals surface area contributed by atoms with Crippen LogP contribution in [-0.2, 0) is 6.18 Å². The Bertz CT molecular complexity index is 887. The van der Waals surface area contributed by atoms with Gasteiger partial charge in [-0.15, -0.1) is 0 Å². The average Bonchev–Trinajstić information content (AvgIpc) is 2.55. The van der Waals surface area contributed by atoms with Gasteiger partial charge in [0.1, 0.15) is 23.4 Å². The maximum absolute atomic E-state index is 12.7. The number of fused-ring (bicyclic) bond motifs is 1. The second kappa shape index (κ2) is 7.00. The number of alkyl halides is 3. The molecule has 1 aliphatic rings. The van der Waals surface area contributed by atoms with Crippen molar-refractivity contribution in [3.8, 4) is 29.2 Å². The molecule has 0 fully saturated rings. The first-order valence-electron chi connectivity index (χ1n) is 7.83. The van der Waals surface area contributed by atoms with E-state index in [0.717, 1.165) is 17.8 Å². The Morgan fingerprint density at radius 2 is 2.00 bits per heavy atom. The highest BCUT2D eigenvalue weighted by Crippen LogP contribution is 2.40. The summed E-state index contributed by atoms with van der Waals surface area (Å²) in [6.07, 6.45) is -4.52. The summed E-state index contributed by atoms with van der Waals surface area (Å²) >= 11 is 5.93. The van der Waals surface area contributed by atoms with E-state index in [1.807, 2.05) is 11.8 Å². The van der Waals surface area contributed by atoms with Crippen LogP contribution in [0, 0.1) is 12.0 Å². The highest BCUT2D eigenvalue weighted by Gasteiger charge is 2.31. The van der Waals surface area contributed by atoms with Gasteiger partial charge in [-0.25, -0.2) is 0 Å². The Kier molecular flexibility index (Phi) is 4.92. The van der Waals surface area contributed by atoms with Gasteiger partial charge in [0, 0.05) is 12.1 Å². The maximum atomic E-state index is 12.7. The zero-order valence-electron chi connectivity index (χ0n) is 14.0. The molecule has 3 rings (SSSR count). The van der Waals surface area contributed by atoms with Crippen LogP contribution in [0.5, 0.6) is 17.2 Å². The Labute approximate surface area is 154 Å². The average molecular weight is 382 g/mol. The number of hydrogen-bond donors (Lipinski definition) is 0.